The van der Waals surface area contributed by atoms with Crippen molar-refractivity contribution in [3.05, 3.63) is 88.1 Å². The average Bonchev–Trinajstić information content (AvgIpc) is 3.35. The maximum absolute atomic E-state index is 13.5. The summed E-state index contributed by atoms with van der Waals surface area (Å²) >= 11 is 7.72. The normalized spacial score (nSPS) is 11.1. The van der Waals surface area contributed by atoms with Crippen LogP contribution in [0.4, 0.5) is 4.39 Å². The van der Waals surface area contributed by atoms with Crippen LogP contribution >= 0.6 is 23.4 Å². The number of hydrogen-bond acceptors (Lipinski definition) is 4. The number of aryl methyl sites for hydroxylation is 2. The maximum Gasteiger partial charge on any atom is 0.272 e. The van der Waals surface area contributed by atoms with E-state index in [1.54, 1.807) is 28.8 Å². The van der Waals surface area contributed by atoms with Crippen molar-refractivity contribution < 1.29 is 9.18 Å². The van der Waals surface area contributed by atoms with Gasteiger partial charge in [0.1, 0.15) is 17.2 Å². The first-order valence-electron chi connectivity index (χ1n) is 10.3. The van der Waals surface area contributed by atoms with Gasteiger partial charge < -0.3 is 9.88 Å². The second kappa shape index (κ2) is 9.80. The smallest absolute Gasteiger partial charge is 0.272 e. The second-order valence-electron chi connectivity index (χ2n) is 7.73. The number of thioether (sulfide) groups is 1. The van der Waals surface area contributed by atoms with Crippen molar-refractivity contribution in [2.24, 2.45) is 7.05 Å². The molecule has 9 heteroatoms. The van der Waals surface area contributed by atoms with Gasteiger partial charge in [-0.1, -0.05) is 41.6 Å². The van der Waals surface area contributed by atoms with Gasteiger partial charge in [-0.25, -0.2) is 9.37 Å². The van der Waals surface area contributed by atoms with Crippen LogP contribution in [0.5, 0.6) is 0 Å². The molecule has 6 nitrogen and oxygen atoms in total. The van der Waals surface area contributed by atoms with Gasteiger partial charge in [0.15, 0.2) is 5.16 Å². The molecule has 1 amide bonds. The lowest BCUT2D eigenvalue weighted by atomic mass is 10.1. The number of carbonyl (C=O) groups is 1. The summed E-state index contributed by atoms with van der Waals surface area (Å²) in [6, 6.07) is 13.6. The van der Waals surface area contributed by atoms with Crippen LogP contribution in [0.25, 0.3) is 11.3 Å². The Labute approximate surface area is 200 Å². The number of hydrogen-bond donors (Lipinski definition) is 1. The predicted molar refractivity (Wildman–Crippen MR) is 129 cm³/mol. The minimum Gasteiger partial charge on any atom is -0.336 e. The van der Waals surface area contributed by atoms with Crippen molar-refractivity contribution in [3.8, 4) is 11.3 Å². The Bertz CT molecular complexity index is 1280. The Kier molecular flexibility index (Phi) is 6.85. The molecule has 2 aromatic carbocycles. The highest BCUT2D eigenvalue weighted by Crippen LogP contribution is 2.30. The fourth-order valence-corrected chi connectivity index (χ4v) is 4.63. The first-order chi connectivity index (χ1) is 15.8. The molecule has 0 saturated carbocycles. The molecule has 0 saturated heterocycles. The van der Waals surface area contributed by atoms with Crippen LogP contribution in [0.1, 0.15) is 27.3 Å². The van der Waals surface area contributed by atoms with Crippen molar-refractivity contribution >= 4 is 29.3 Å². The highest BCUT2D eigenvalue weighted by molar-refractivity contribution is 7.98. The maximum atomic E-state index is 13.5. The fraction of sp³-hybridized carbons (Fsp3) is 0.208. The number of benzene rings is 2. The number of rotatable bonds is 7. The quantitative estimate of drug-likeness (QED) is 0.354. The average molecular weight is 484 g/mol. The molecule has 1 N–H and O–H groups in total. The molecule has 4 aromatic rings. The van der Waals surface area contributed by atoms with Crippen molar-refractivity contribution in [1.82, 2.24) is 24.6 Å². The van der Waals surface area contributed by atoms with E-state index in [9.17, 15) is 9.18 Å². The zero-order valence-electron chi connectivity index (χ0n) is 18.5. The lowest BCUT2D eigenvalue weighted by Gasteiger charge is -2.16. The number of H-pyrrole nitrogens is 1. The van der Waals surface area contributed by atoms with Crippen LogP contribution in [0, 0.1) is 12.7 Å². The molecule has 0 aliphatic carbocycles. The van der Waals surface area contributed by atoms with E-state index in [2.05, 4.69) is 15.1 Å². The van der Waals surface area contributed by atoms with E-state index in [-0.39, 0.29) is 11.7 Å². The highest BCUT2D eigenvalue weighted by atomic mass is 35.5. The summed E-state index contributed by atoms with van der Waals surface area (Å²) in [5.41, 5.74) is 4.30. The van der Waals surface area contributed by atoms with E-state index >= 15 is 0 Å². The monoisotopic (exact) mass is 483 g/mol. The van der Waals surface area contributed by atoms with E-state index in [1.807, 2.05) is 44.4 Å². The summed E-state index contributed by atoms with van der Waals surface area (Å²) in [6.45, 7) is 2.32. The van der Waals surface area contributed by atoms with E-state index in [1.165, 1.54) is 23.9 Å². The molecule has 0 bridgehead atoms. The van der Waals surface area contributed by atoms with Crippen LogP contribution in [0.15, 0.2) is 59.9 Å². The Morgan fingerprint density at radius 3 is 2.58 bits per heavy atom. The van der Waals surface area contributed by atoms with Gasteiger partial charge >= 0.3 is 0 Å². The van der Waals surface area contributed by atoms with Crippen molar-refractivity contribution in [2.75, 3.05) is 7.05 Å². The lowest BCUT2D eigenvalue weighted by Crippen LogP contribution is -2.27. The minimum atomic E-state index is -0.348. The molecule has 0 aliphatic rings. The van der Waals surface area contributed by atoms with Gasteiger partial charge in [0.25, 0.3) is 5.91 Å². The zero-order chi connectivity index (χ0) is 23.5. The van der Waals surface area contributed by atoms with E-state index in [4.69, 9.17) is 11.6 Å². The molecular formula is C24H23ClFN5OS. The van der Waals surface area contributed by atoms with Gasteiger partial charge in [-0.3, -0.25) is 9.48 Å². The Morgan fingerprint density at radius 2 is 1.91 bits per heavy atom. The Hall–Kier alpha value is -3.10. The zero-order valence-corrected chi connectivity index (χ0v) is 20.0. The topological polar surface area (TPSA) is 66.8 Å². The van der Waals surface area contributed by atoms with Crippen LogP contribution in [-0.2, 0) is 19.3 Å². The summed E-state index contributed by atoms with van der Waals surface area (Å²) in [5.74, 6) is 0.0308. The molecule has 0 radical (unpaired) electrons. The lowest BCUT2D eigenvalue weighted by molar-refractivity contribution is 0.0780. The number of aromatic amines is 1. The Balaban J connectivity index is 1.63. The molecule has 0 atom stereocenters. The molecule has 0 spiro atoms. The standard InChI is InChI=1S/C24H23ClFN5OS/c1-15-18(13-31(3)29-15)12-30(2)23(32)22-21(16-8-10-19(26)11-9-16)27-24(28-22)33-14-17-6-4-5-7-20(17)25/h4-11,13H,12,14H2,1-3H3,(H,27,28). The molecule has 0 aliphatic heterocycles. The number of imidazole rings is 1. The number of nitrogens with one attached hydrogen (secondary N) is 1. The first-order valence-corrected chi connectivity index (χ1v) is 11.6. The first kappa shape index (κ1) is 23.1. The van der Waals surface area contributed by atoms with Crippen LogP contribution < -0.4 is 0 Å². The van der Waals surface area contributed by atoms with Crippen molar-refractivity contribution in [3.63, 3.8) is 0 Å². The van der Waals surface area contributed by atoms with Crippen molar-refractivity contribution in [1.29, 1.82) is 0 Å². The third-order valence-corrected chi connectivity index (χ3v) is 6.50. The van der Waals surface area contributed by atoms with Gasteiger partial charge in [0, 0.05) is 48.7 Å². The van der Waals surface area contributed by atoms with Gasteiger partial charge in [0.2, 0.25) is 0 Å². The largest absolute Gasteiger partial charge is 0.336 e. The third kappa shape index (κ3) is 5.29. The molecule has 2 heterocycles. The SMILES string of the molecule is Cc1nn(C)cc1CN(C)C(=O)c1[nH]c(SCc2ccccc2Cl)nc1-c1ccc(F)cc1. The molecule has 170 valence electrons. The highest BCUT2D eigenvalue weighted by Gasteiger charge is 2.23. The minimum absolute atomic E-state index is 0.213. The van der Waals surface area contributed by atoms with E-state index in [0.717, 1.165) is 16.8 Å². The fourth-order valence-electron chi connectivity index (χ4n) is 3.47. The van der Waals surface area contributed by atoms with Crippen LogP contribution in [-0.4, -0.2) is 37.6 Å². The van der Waals surface area contributed by atoms with E-state index in [0.29, 0.717) is 39.4 Å². The molecule has 0 fully saturated rings. The Morgan fingerprint density at radius 1 is 1.18 bits per heavy atom. The summed E-state index contributed by atoms with van der Waals surface area (Å²) in [6.07, 6.45) is 1.90. The molecule has 33 heavy (non-hydrogen) atoms. The molecule has 2 aromatic heterocycles. The van der Waals surface area contributed by atoms with Crippen LogP contribution in [0.3, 0.4) is 0 Å². The molecule has 0 unspecified atom stereocenters. The number of nitrogens with zero attached hydrogens (tertiary/aromatic N) is 4. The van der Waals surface area contributed by atoms with Gasteiger partial charge in [-0.15, -0.1) is 0 Å². The number of carbonyl (C=O) groups excluding carboxylic acids is 1. The van der Waals surface area contributed by atoms with Gasteiger partial charge in [-0.05, 0) is 42.8 Å². The molecule has 4 rings (SSSR count). The summed E-state index contributed by atoms with van der Waals surface area (Å²) in [7, 11) is 3.59. The summed E-state index contributed by atoms with van der Waals surface area (Å²) in [4.78, 5) is 22.8. The number of amides is 1. The summed E-state index contributed by atoms with van der Waals surface area (Å²) < 4.78 is 15.2. The van der Waals surface area contributed by atoms with Gasteiger partial charge in [-0.2, -0.15) is 5.10 Å². The van der Waals surface area contributed by atoms with Gasteiger partial charge in [0.05, 0.1) is 5.69 Å². The third-order valence-electron chi connectivity index (χ3n) is 5.21. The molecular weight excluding hydrogens is 461 g/mol. The predicted octanol–water partition coefficient (Wildman–Crippen LogP) is 5.48. The van der Waals surface area contributed by atoms with Crippen LogP contribution in [0.2, 0.25) is 5.02 Å². The van der Waals surface area contributed by atoms with Crippen molar-refractivity contribution in [2.45, 2.75) is 24.4 Å². The second-order valence-corrected chi connectivity index (χ2v) is 9.10. The number of aromatic nitrogens is 4. The number of halogens is 2. The summed E-state index contributed by atoms with van der Waals surface area (Å²) in [5, 5.41) is 5.61. The van der Waals surface area contributed by atoms with E-state index < -0.39 is 0 Å².